The Kier molecular flexibility index (Phi) is 7.75. The van der Waals surface area contributed by atoms with Crippen LogP contribution >= 0.6 is 0 Å². The molecule has 0 fully saturated rings. The maximum absolute atomic E-state index is 13.4. The van der Waals surface area contributed by atoms with Gasteiger partial charge in [-0.1, -0.05) is 0 Å². The van der Waals surface area contributed by atoms with Gasteiger partial charge >= 0.3 is 0 Å². The number of rotatable bonds is 9. The molecule has 0 saturated carbocycles. The van der Waals surface area contributed by atoms with Crippen molar-refractivity contribution >= 4 is 21.6 Å². The van der Waals surface area contributed by atoms with Crippen LogP contribution in [0.5, 0.6) is 0 Å². The van der Waals surface area contributed by atoms with E-state index in [2.05, 4.69) is 5.32 Å². The normalized spacial score (nSPS) is 12.9. The van der Waals surface area contributed by atoms with Crippen molar-refractivity contribution in [2.24, 2.45) is 0 Å². The third-order valence-corrected chi connectivity index (χ3v) is 4.56. The second-order valence-electron chi connectivity index (χ2n) is 5.90. The van der Waals surface area contributed by atoms with Crippen LogP contribution < -0.4 is 9.62 Å². The van der Waals surface area contributed by atoms with Gasteiger partial charge in [-0.15, -0.1) is 0 Å². The van der Waals surface area contributed by atoms with Crippen molar-refractivity contribution in [2.75, 3.05) is 23.7 Å². The van der Waals surface area contributed by atoms with E-state index in [1.165, 1.54) is 6.92 Å². The minimum absolute atomic E-state index is 0.0868. The smallest absolute Gasteiger partial charge is 0.243 e. The number of ether oxygens (including phenoxy) is 1. The number of carbonyl (C=O) groups is 1. The quantitative estimate of drug-likeness (QED) is 0.668. The minimum atomic E-state index is -3.88. The molecule has 0 heterocycles. The Labute approximate surface area is 147 Å². The summed E-state index contributed by atoms with van der Waals surface area (Å²) in [5.74, 6) is -2.83. The summed E-state index contributed by atoms with van der Waals surface area (Å²) >= 11 is 0. The number of hydrogen-bond acceptors (Lipinski definition) is 4. The number of anilines is 1. The number of halogens is 2. The highest BCUT2D eigenvalue weighted by atomic mass is 32.2. The largest absolute Gasteiger partial charge is 0.379 e. The average Bonchev–Trinajstić information content (AvgIpc) is 2.48. The molecule has 0 aliphatic carbocycles. The fourth-order valence-electron chi connectivity index (χ4n) is 2.18. The Bertz CT molecular complexity index is 695. The molecule has 0 aliphatic heterocycles. The molecular formula is C16H24F2N2O4S. The molecule has 0 bridgehead atoms. The van der Waals surface area contributed by atoms with Gasteiger partial charge in [0.05, 0.1) is 18.0 Å². The Morgan fingerprint density at radius 2 is 1.88 bits per heavy atom. The molecular weight excluding hydrogens is 354 g/mol. The maximum Gasteiger partial charge on any atom is 0.243 e. The van der Waals surface area contributed by atoms with E-state index in [1.807, 2.05) is 13.8 Å². The van der Waals surface area contributed by atoms with Crippen LogP contribution in [-0.2, 0) is 19.6 Å². The van der Waals surface area contributed by atoms with E-state index in [4.69, 9.17) is 4.74 Å². The van der Waals surface area contributed by atoms with Crippen molar-refractivity contribution in [2.45, 2.75) is 39.3 Å². The van der Waals surface area contributed by atoms with Gasteiger partial charge in [0.15, 0.2) is 11.6 Å². The summed E-state index contributed by atoms with van der Waals surface area (Å²) < 4.78 is 56.7. The standard InChI is InChI=1S/C16H24F2N2O4S/c1-11(2)24-9-5-8-19-16(21)12(3)20(25(4,22)23)13-6-7-14(17)15(18)10-13/h6-7,10-12H,5,8-9H2,1-4H3,(H,19,21). The molecule has 0 radical (unpaired) electrons. The van der Waals surface area contributed by atoms with Crippen LogP contribution in [0.4, 0.5) is 14.5 Å². The van der Waals surface area contributed by atoms with Gasteiger partial charge in [-0.2, -0.15) is 0 Å². The summed E-state index contributed by atoms with van der Waals surface area (Å²) in [5, 5.41) is 2.61. The number of nitrogens with one attached hydrogen (secondary N) is 1. The number of benzene rings is 1. The fourth-order valence-corrected chi connectivity index (χ4v) is 3.35. The molecule has 25 heavy (non-hydrogen) atoms. The first-order chi connectivity index (χ1) is 11.5. The molecule has 1 rings (SSSR count). The van der Waals surface area contributed by atoms with E-state index in [0.717, 1.165) is 28.8 Å². The summed E-state index contributed by atoms with van der Waals surface area (Å²) in [4.78, 5) is 12.2. The maximum atomic E-state index is 13.4. The third-order valence-electron chi connectivity index (χ3n) is 3.32. The predicted octanol–water partition coefficient (Wildman–Crippen LogP) is 2.05. The third kappa shape index (κ3) is 6.58. The molecule has 0 aromatic heterocycles. The molecule has 1 N–H and O–H groups in total. The van der Waals surface area contributed by atoms with Gasteiger partial charge in [-0.25, -0.2) is 17.2 Å². The van der Waals surface area contributed by atoms with Crippen molar-refractivity contribution < 1.29 is 26.7 Å². The van der Waals surface area contributed by atoms with E-state index in [1.54, 1.807) is 0 Å². The van der Waals surface area contributed by atoms with Gasteiger partial charge in [0.2, 0.25) is 15.9 Å². The van der Waals surface area contributed by atoms with Gasteiger partial charge in [0.1, 0.15) is 6.04 Å². The molecule has 1 amide bonds. The predicted molar refractivity (Wildman–Crippen MR) is 91.9 cm³/mol. The Morgan fingerprint density at radius 3 is 2.40 bits per heavy atom. The topological polar surface area (TPSA) is 75.7 Å². The molecule has 1 aromatic carbocycles. The highest BCUT2D eigenvalue weighted by molar-refractivity contribution is 7.92. The van der Waals surface area contributed by atoms with Gasteiger partial charge < -0.3 is 10.1 Å². The minimum Gasteiger partial charge on any atom is -0.379 e. The number of carbonyl (C=O) groups excluding carboxylic acids is 1. The molecule has 0 aliphatic rings. The van der Waals surface area contributed by atoms with Crippen LogP contribution in [0, 0.1) is 11.6 Å². The fraction of sp³-hybridized carbons (Fsp3) is 0.562. The van der Waals surface area contributed by atoms with Gasteiger partial charge in [0.25, 0.3) is 0 Å². The second kappa shape index (κ2) is 9.10. The SMILES string of the molecule is CC(C)OCCCNC(=O)C(C)N(c1ccc(F)c(F)c1)S(C)(=O)=O. The highest BCUT2D eigenvalue weighted by Gasteiger charge is 2.29. The zero-order chi connectivity index (χ0) is 19.2. The lowest BCUT2D eigenvalue weighted by Gasteiger charge is -2.28. The van der Waals surface area contributed by atoms with Crippen molar-refractivity contribution in [1.29, 1.82) is 0 Å². The first-order valence-electron chi connectivity index (χ1n) is 7.87. The summed E-state index contributed by atoms with van der Waals surface area (Å²) in [7, 11) is -3.88. The van der Waals surface area contributed by atoms with Crippen molar-refractivity contribution in [3.8, 4) is 0 Å². The molecule has 1 atom stereocenters. The monoisotopic (exact) mass is 378 g/mol. The van der Waals surface area contributed by atoms with Crippen molar-refractivity contribution in [3.05, 3.63) is 29.8 Å². The second-order valence-corrected chi connectivity index (χ2v) is 7.76. The number of hydrogen-bond donors (Lipinski definition) is 1. The van der Waals surface area contributed by atoms with E-state index >= 15 is 0 Å². The van der Waals surface area contributed by atoms with Crippen LogP contribution in [0.25, 0.3) is 0 Å². The lowest BCUT2D eigenvalue weighted by molar-refractivity contribution is -0.121. The zero-order valence-corrected chi connectivity index (χ0v) is 15.6. The Balaban J connectivity index is 2.82. The van der Waals surface area contributed by atoms with Crippen molar-refractivity contribution in [3.63, 3.8) is 0 Å². The average molecular weight is 378 g/mol. The number of sulfonamides is 1. The lowest BCUT2D eigenvalue weighted by Crippen LogP contribution is -2.48. The zero-order valence-electron chi connectivity index (χ0n) is 14.8. The number of nitrogens with zero attached hydrogens (tertiary/aromatic N) is 1. The Hall–Kier alpha value is -1.74. The molecule has 0 saturated heterocycles. The highest BCUT2D eigenvalue weighted by Crippen LogP contribution is 2.23. The summed E-state index contributed by atoms with van der Waals surface area (Å²) in [6, 6.07) is 1.55. The molecule has 6 nitrogen and oxygen atoms in total. The lowest BCUT2D eigenvalue weighted by atomic mass is 10.2. The van der Waals surface area contributed by atoms with E-state index in [-0.39, 0.29) is 11.8 Å². The molecule has 1 aromatic rings. The van der Waals surface area contributed by atoms with Crippen LogP contribution in [-0.4, -0.2) is 45.9 Å². The van der Waals surface area contributed by atoms with E-state index in [0.29, 0.717) is 19.6 Å². The van der Waals surface area contributed by atoms with Crippen molar-refractivity contribution in [1.82, 2.24) is 5.32 Å². The van der Waals surface area contributed by atoms with Crippen LogP contribution in [0.1, 0.15) is 27.2 Å². The summed E-state index contributed by atoms with van der Waals surface area (Å²) in [6.07, 6.45) is 1.55. The van der Waals surface area contributed by atoms with Gasteiger partial charge in [-0.05, 0) is 39.3 Å². The van der Waals surface area contributed by atoms with Gasteiger partial charge in [-0.3, -0.25) is 9.10 Å². The van der Waals surface area contributed by atoms with Crippen LogP contribution in [0.15, 0.2) is 18.2 Å². The molecule has 142 valence electrons. The summed E-state index contributed by atoms with van der Waals surface area (Å²) in [6.45, 7) is 5.94. The first kappa shape index (κ1) is 21.3. The van der Waals surface area contributed by atoms with E-state index < -0.39 is 33.6 Å². The first-order valence-corrected chi connectivity index (χ1v) is 9.72. The number of amides is 1. The van der Waals surface area contributed by atoms with Crippen LogP contribution in [0.3, 0.4) is 0 Å². The molecule has 0 spiro atoms. The molecule has 9 heteroatoms. The van der Waals surface area contributed by atoms with Gasteiger partial charge in [0, 0.05) is 19.2 Å². The van der Waals surface area contributed by atoms with E-state index in [9.17, 15) is 22.0 Å². The molecule has 1 unspecified atom stereocenters. The Morgan fingerprint density at radius 1 is 1.24 bits per heavy atom. The summed E-state index contributed by atoms with van der Waals surface area (Å²) in [5.41, 5.74) is -0.118. The van der Waals surface area contributed by atoms with Crippen LogP contribution in [0.2, 0.25) is 0 Å².